The molecule has 0 atom stereocenters. The van der Waals surface area contributed by atoms with Crippen LogP contribution >= 0.6 is 15.9 Å². The van der Waals surface area contributed by atoms with Gasteiger partial charge < -0.3 is 4.74 Å². The second-order valence-electron chi connectivity index (χ2n) is 4.84. The molecule has 0 saturated heterocycles. The number of aryl methyl sites for hydroxylation is 1. The summed E-state index contributed by atoms with van der Waals surface area (Å²) in [6, 6.07) is 20.8. The van der Waals surface area contributed by atoms with Gasteiger partial charge in [-0.3, -0.25) is 0 Å². The molecule has 20 heavy (non-hydrogen) atoms. The first-order chi connectivity index (χ1) is 9.74. The van der Waals surface area contributed by atoms with E-state index in [1.165, 1.54) is 16.3 Å². The number of hydrogen-bond donors (Lipinski definition) is 0. The fourth-order valence-electron chi connectivity index (χ4n) is 2.35. The molecule has 3 aromatic carbocycles. The van der Waals surface area contributed by atoms with Gasteiger partial charge in [-0.05, 0) is 47.0 Å². The zero-order valence-electron chi connectivity index (χ0n) is 11.3. The minimum atomic E-state index is 0.587. The average molecular weight is 327 g/mol. The van der Waals surface area contributed by atoms with E-state index in [4.69, 9.17) is 4.74 Å². The van der Waals surface area contributed by atoms with Crippen LogP contribution in [-0.2, 0) is 6.61 Å². The van der Waals surface area contributed by atoms with Gasteiger partial charge in [0, 0.05) is 4.47 Å². The SMILES string of the molecule is Cc1cc(Br)ccc1OCc1cccc2ccccc12. The number of benzene rings is 3. The van der Waals surface area contributed by atoms with Gasteiger partial charge in [0.1, 0.15) is 12.4 Å². The monoisotopic (exact) mass is 326 g/mol. The minimum Gasteiger partial charge on any atom is -0.489 e. The first-order valence-electron chi connectivity index (χ1n) is 6.59. The third kappa shape index (κ3) is 2.70. The molecule has 100 valence electrons. The Hall–Kier alpha value is -1.80. The Morgan fingerprint density at radius 2 is 1.75 bits per heavy atom. The number of rotatable bonds is 3. The number of hydrogen-bond acceptors (Lipinski definition) is 1. The van der Waals surface area contributed by atoms with Crippen molar-refractivity contribution in [2.24, 2.45) is 0 Å². The summed E-state index contributed by atoms with van der Waals surface area (Å²) in [6.45, 7) is 2.65. The molecule has 0 radical (unpaired) electrons. The summed E-state index contributed by atoms with van der Waals surface area (Å²) in [7, 11) is 0. The van der Waals surface area contributed by atoms with E-state index in [1.807, 2.05) is 12.1 Å². The molecular weight excluding hydrogens is 312 g/mol. The van der Waals surface area contributed by atoms with Gasteiger partial charge in [-0.15, -0.1) is 0 Å². The normalized spacial score (nSPS) is 10.7. The van der Waals surface area contributed by atoms with E-state index in [1.54, 1.807) is 0 Å². The smallest absolute Gasteiger partial charge is 0.122 e. The van der Waals surface area contributed by atoms with Crippen molar-refractivity contribution in [2.45, 2.75) is 13.5 Å². The first-order valence-corrected chi connectivity index (χ1v) is 7.39. The van der Waals surface area contributed by atoms with E-state index in [0.717, 1.165) is 15.8 Å². The molecule has 0 fully saturated rings. The quantitative estimate of drug-likeness (QED) is 0.618. The maximum atomic E-state index is 5.97. The van der Waals surface area contributed by atoms with Gasteiger partial charge in [-0.1, -0.05) is 58.4 Å². The lowest BCUT2D eigenvalue weighted by Crippen LogP contribution is -1.97. The van der Waals surface area contributed by atoms with E-state index in [0.29, 0.717) is 6.61 Å². The molecule has 3 aromatic rings. The van der Waals surface area contributed by atoms with E-state index >= 15 is 0 Å². The van der Waals surface area contributed by atoms with Crippen LogP contribution in [0, 0.1) is 6.92 Å². The largest absolute Gasteiger partial charge is 0.489 e. The van der Waals surface area contributed by atoms with Gasteiger partial charge in [-0.25, -0.2) is 0 Å². The summed E-state index contributed by atoms with van der Waals surface area (Å²) in [5, 5.41) is 2.51. The van der Waals surface area contributed by atoms with Crippen molar-refractivity contribution in [1.82, 2.24) is 0 Å². The van der Waals surface area contributed by atoms with Gasteiger partial charge in [0.15, 0.2) is 0 Å². The van der Waals surface area contributed by atoms with Crippen LogP contribution in [0.15, 0.2) is 65.1 Å². The molecule has 0 heterocycles. The Balaban J connectivity index is 1.87. The number of ether oxygens (including phenoxy) is 1. The maximum absolute atomic E-state index is 5.97. The Bertz CT molecular complexity index is 744. The molecule has 0 aliphatic carbocycles. The molecular formula is C18H15BrO. The molecule has 0 bridgehead atoms. The van der Waals surface area contributed by atoms with Crippen molar-refractivity contribution in [3.63, 3.8) is 0 Å². The molecule has 2 heteroatoms. The van der Waals surface area contributed by atoms with Crippen LogP contribution in [0.4, 0.5) is 0 Å². The molecule has 0 aliphatic rings. The van der Waals surface area contributed by atoms with E-state index in [-0.39, 0.29) is 0 Å². The molecule has 3 rings (SSSR count). The lowest BCUT2D eigenvalue weighted by molar-refractivity contribution is 0.305. The molecule has 1 nitrogen and oxygen atoms in total. The van der Waals surface area contributed by atoms with Crippen LogP contribution in [0.1, 0.15) is 11.1 Å². The summed E-state index contributed by atoms with van der Waals surface area (Å²) >= 11 is 3.47. The zero-order chi connectivity index (χ0) is 13.9. The average Bonchev–Trinajstić information content (AvgIpc) is 2.46. The predicted octanol–water partition coefficient (Wildman–Crippen LogP) is 5.49. The van der Waals surface area contributed by atoms with Crippen molar-refractivity contribution in [3.8, 4) is 5.75 Å². The fourth-order valence-corrected chi connectivity index (χ4v) is 2.82. The van der Waals surface area contributed by atoms with Crippen LogP contribution in [0.3, 0.4) is 0 Å². The molecule has 0 N–H and O–H groups in total. The van der Waals surface area contributed by atoms with Crippen molar-refractivity contribution >= 4 is 26.7 Å². The van der Waals surface area contributed by atoms with Crippen molar-refractivity contribution in [3.05, 3.63) is 76.3 Å². The van der Waals surface area contributed by atoms with Crippen LogP contribution < -0.4 is 4.74 Å². The minimum absolute atomic E-state index is 0.587. The van der Waals surface area contributed by atoms with Crippen molar-refractivity contribution < 1.29 is 4.74 Å². The highest BCUT2D eigenvalue weighted by Crippen LogP contribution is 2.25. The Labute approximate surface area is 127 Å². The summed E-state index contributed by atoms with van der Waals surface area (Å²) in [4.78, 5) is 0. The fraction of sp³-hybridized carbons (Fsp3) is 0.111. The molecule has 0 amide bonds. The topological polar surface area (TPSA) is 9.23 Å². The Morgan fingerprint density at radius 3 is 2.60 bits per heavy atom. The van der Waals surface area contributed by atoms with E-state index in [9.17, 15) is 0 Å². The van der Waals surface area contributed by atoms with E-state index in [2.05, 4.69) is 71.4 Å². The first kappa shape index (κ1) is 13.2. The number of halogens is 1. The standard InChI is InChI=1S/C18H15BrO/c1-13-11-16(19)9-10-18(13)20-12-15-7-4-6-14-5-2-3-8-17(14)15/h2-11H,12H2,1H3. The molecule has 0 spiro atoms. The van der Waals surface area contributed by atoms with Gasteiger partial charge in [-0.2, -0.15) is 0 Å². The van der Waals surface area contributed by atoms with Crippen LogP contribution in [0.5, 0.6) is 5.75 Å². The molecule has 0 saturated carbocycles. The van der Waals surface area contributed by atoms with Crippen molar-refractivity contribution in [1.29, 1.82) is 0 Å². The van der Waals surface area contributed by atoms with Gasteiger partial charge in [0.05, 0.1) is 0 Å². The summed E-state index contributed by atoms with van der Waals surface area (Å²) in [6.07, 6.45) is 0. The molecule has 0 unspecified atom stereocenters. The Morgan fingerprint density at radius 1 is 0.950 bits per heavy atom. The second kappa shape index (κ2) is 5.68. The van der Waals surface area contributed by atoms with Gasteiger partial charge >= 0.3 is 0 Å². The van der Waals surface area contributed by atoms with Gasteiger partial charge in [0.25, 0.3) is 0 Å². The van der Waals surface area contributed by atoms with E-state index < -0.39 is 0 Å². The van der Waals surface area contributed by atoms with Crippen LogP contribution in [0.2, 0.25) is 0 Å². The number of fused-ring (bicyclic) bond motifs is 1. The predicted molar refractivity (Wildman–Crippen MR) is 87.2 cm³/mol. The third-order valence-electron chi connectivity index (χ3n) is 3.40. The second-order valence-corrected chi connectivity index (χ2v) is 5.75. The van der Waals surface area contributed by atoms with Crippen LogP contribution in [-0.4, -0.2) is 0 Å². The van der Waals surface area contributed by atoms with Crippen LogP contribution in [0.25, 0.3) is 10.8 Å². The lowest BCUT2D eigenvalue weighted by atomic mass is 10.1. The zero-order valence-corrected chi connectivity index (χ0v) is 12.9. The van der Waals surface area contributed by atoms with Gasteiger partial charge in [0.2, 0.25) is 0 Å². The summed E-state index contributed by atoms with van der Waals surface area (Å²) < 4.78 is 7.04. The highest BCUT2D eigenvalue weighted by Gasteiger charge is 2.03. The third-order valence-corrected chi connectivity index (χ3v) is 3.89. The molecule has 0 aliphatic heterocycles. The summed E-state index contributed by atoms with van der Waals surface area (Å²) in [5.41, 5.74) is 2.35. The lowest BCUT2D eigenvalue weighted by Gasteiger charge is -2.11. The summed E-state index contributed by atoms with van der Waals surface area (Å²) in [5.74, 6) is 0.932. The van der Waals surface area contributed by atoms with Crippen molar-refractivity contribution in [2.75, 3.05) is 0 Å². The molecule has 0 aromatic heterocycles. The Kier molecular flexibility index (Phi) is 3.75. The highest BCUT2D eigenvalue weighted by atomic mass is 79.9. The highest BCUT2D eigenvalue weighted by molar-refractivity contribution is 9.10. The maximum Gasteiger partial charge on any atom is 0.122 e.